The quantitative estimate of drug-likeness (QED) is 0.901. The monoisotopic (exact) mass is 322 g/mol. The minimum Gasteiger partial charge on any atom is -0.464 e. The molecule has 1 N–H and O–H groups in total. The van der Waals surface area contributed by atoms with Crippen LogP contribution in [0.3, 0.4) is 0 Å². The second kappa shape index (κ2) is 6.87. The first kappa shape index (κ1) is 17.1. The molecule has 1 atom stereocenters. The van der Waals surface area contributed by atoms with Crippen LogP contribution in [0.15, 0.2) is 30.3 Å². The molecule has 0 radical (unpaired) electrons. The zero-order valence-corrected chi connectivity index (χ0v) is 13.6. The Morgan fingerprint density at radius 2 is 2.04 bits per heavy atom. The van der Waals surface area contributed by atoms with Crippen molar-refractivity contribution in [2.75, 3.05) is 13.2 Å². The summed E-state index contributed by atoms with van der Waals surface area (Å²) in [6.45, 7) is 5.93. The number of hydrogen-bond acceptors (Lipinski definition) is 4. The van der Waals surface area contributed by atoms with Crippen molar-refractivity contribution in [1.82, 2.24) is 10.0 Å². The van der Waals surface area contributed by atoms with Crippen molar-refractivity contribution in [2.24, 2.45) is 0 Å². The normalized spacial score (nSPS) is 18.0. The molecule has 1 heterocycles. The van der Waals surface area contributed by atoms with Crippen LogP contribution in [0, 0.1) is 0 Å². The van der Waals surface area contributed by atoms with E-state index in [-0.39, 0.29) is 13.2 Å². The van der Waals surface area contributed by atoms with Crippen LogP contribution < -0.4 is 0 Å². The maximum Gasteiger partial charge on any atom is 0.429 e. The number of hydrazine groups is 1. The predicted octanol–water partition coefficient (Wildman–Crippen LogP) is 2.72. The van der Waals surface area contributed by atoms with Gasteiger partial charge in [-0.15, -0.1) is 0 Å². The number of rotatable bonds is 5. The average molecular weight is 322 g/mol. The summed E-state index contributed by atoms with van der Waals surface area (Å²) < 4.78 is 10.8. The van der Waals surface area contributed by atoms with Crippen LogP contribution in [0.5, 0.6) is 0 Å². The zero-order chi connectivity index (χ0) is 17.0. The molecule has 7 heteroatoms. The Hall–Kier alpha value is -2.28. The molecule has 1 fully saturated rings. The van der Waals surface area contributed by atoms with Gasteiger partial charge in [0.2, 0.25) is 0 Å². The number of ether oxygens (including phenoxy) is 2. The molecule has 1 aliphatic rings. The number of carboxylic acid groups (broad SMARTS) is 1. The first-order valence-corrected chi connectivity index (χ1v) is 7.42. The topological polar surface area (TPSA) is 79.3 Å². The summed E-state index contributed by atoms with van der Waals surface area (Å²) in [6, 6.07) is 9.65. The summed E-state index contributed by atoms with van der Waals surface area (Å²) in [5.41, 5.74) is 0.278. The van der Waals surface area contributed by atoms with Crippen molar-refractivity contribution in [1.29, 1.82) is 0 Å². The molecule has 1 aromatic carbocycles. The summed E-state index contributed by atoms with van der Waals surface area (Å²) in [4.78, 5) is 23.4. The molecule has 23 heavy (non-hydrogen) atoms. The van der Waals surface area contributed by atoms with Crippen LogP contribution in [0.4, 0.5) is 9.59 Å². The van der Waals surface area contributed by atoms with Gasteiger partial charge in [-0.1, -0.05) is 30.3 Å². The standard InChI is InChI=1S/C16H22N2O5/c1-16(2,3)18(14(19)20)17-9-13(23-15(17)21)11-22-10-12-7-5-4-6-8-12/h4-8,13H,9-11H2,1-3H3,(H,19,20)/t13-/m1/s1. The summed E-state index contributed by atoms with van der Waals surface area (Å²) in [5.74, 6) is 0. The SMILES string of the molecule is CC(C)(C)N(C(=O)O)N1C[C@H](COCc2ccccc2)OC1=O. The van der Waals surface area contributed by atoms with E-state index in [1.807, 2.05) is 30.3 Å². The van der Waals surface area contributed by atoms with E-state index >= 15 is 0 Å². The van der Waals surface area contributed by atoms with Crippen molar-refractivity contribution in [3.05, 3.63) is 35.9 Å². The van der Waals surface area contributed by atoms with E-state index in [9.17, 15) is 14.7 Å². The minimum atomic E-state index is -1.19. The molecule has 2 rings (SSSR count). The van der Waals surface area contributed by atoms with E-state index in [0.29, 0.717) is 6.61 Å². The van der Waals surface area contributed by atoms with Gasteiger partial charge in [0.1, 0.15) is 6.10 Å². The Morgan fingerprint density at radius 3 is 2.61 bits per heavy atom. The highest BCUT2D eigenvalue weighted by Gasteiger charge is 2.42. The number of amides is 2. The molecule has 0 aliphatic carbocycles. The van der Waals surface area contributed by atoms with E-state index in [1.165, 1.54) is 0 Å². The van der Waals surface area contributed by atoms with Crippen LogP contribution in [-0.4, -0.2) is 52.1 Å². The lowest BCUT2D eigenvalue weighted by Gasteiger charge is -2.37. The first-order chi connectivity index (χ1) is 10.8. The van der Waals surface area contributed by atoms with Crippen molar-refractivity contribution in [3.63, 3.8) is 0 Å². The van der Waals surface area contributed by atoms with E-state index in [0.717, 1.165) is 15.6 Å². The van der Waals surface area contributed by atoms with Gasteiger partial charge in [-0.3, -0.25) is 0 Å². The van der Waals surface area contributed by atoms with E-state index in [2.05, 4.69) is 0 Å². The molecular formula is C16H22N2O5. The molecule has 1 saturated heterocycles. The zero-order valence-electron chi connectivity index (χ0n) is 13.6. The highest BCUT2D eigenvalue weighted by atomic mass is 16.6. The molecule has 0 bridgehead atoms. The van der Waals surface area contributed by atoms with Gasteiger partial charge in [0.15, 0.2) is 0 Å². The Morgan fingerprint density at radius 1 is 1.39 bits per heavy atom. The second-order valence-electron chi connectivity index (χ2n) is 6.35. The lowest BCUT2D eigenvalue weighted by Crippen LogP contribution is -2.56. The smallest absolute Gasteiger partial charge is 0.429 e. The summed E-state index contributed by atoms with van der Waals surface area (Å²) in [5, 5.41) is 11.4. The Bertz CT molecular complexity index is 555. The summed E-state index contributed by atoms with van der Waals surface area (Å²) >= 11 is 0. The molecule has 2 amide bonds. The Balaban J connectivity index is 1.90. The molecule has 1 aliphatic heterocycles. The van der Waals surface area contributed by atoms with Crippen molar-refractivity contribution < 1.29 is 24.2 Å². The fourth-order valence-electron chi connectivity index (χ4n) is 2.39. The van der Waals surface area contributed by atoms with Gasteiger partial charge in [0, 0.05) is 0 Å². The molecule has 126 valence electrons. The van der Waals surface area contributed by atoms with Crippen LogP contribution in [-0.2, 0) is 16.1 Å². The van der Waals surface area contributed by atoms with Crippen molar-refractivity contribution in [2.45, 2.75) is 39.0 Å². The molecule has 0 aromatic heterocycles. The lowest BCUT2D eigenvalue weighted by atomic mass is 10.1. The van der Waals surface area contributed by atoms with Gasteiger partial charge in [0.25, 0.3) is 0 Å². The lowest BCUT2D eigenvalue weighted by molar-refractivity contribution is -0.0285. The van der Waals surface area contributed by atoms with E-state index < -0.39 is 23.8 Å². The highest BCUT2D eigenvalue weighted by Crippen LogP contribution is 2.22. The summed E-state index contributed by atoms with van der Waals surface area (Å²) in [6.07, 6.45) is -2.36. The predicted molar refractivity (Wildman–Crippen MR) is 82.7 cm³/mol. The van der Waals surface area contributed by atoms with Gasteiger partial charge in [0.05, 0.1) is 25.3 Å². The van der Waals surface area contributed by atoms with Gasteiger partial charge in [-0.05, 0) is 26.3 Å². The molecule has 1 aromatic rings. The molecular weight excluding hydrogens is 300 g/mol. The van der Waals surface area contributed by atoms with Crippen molar-refractivity contribution >= 4 is 12.2 Å². The number of carbonyl (C=O) groups is 2. The Kier molecular flexibility index (Phi) is 5.10. The third-order valence-electron chi connectivity index (χ3n) is 3.33. The van der Waals surface area contributed by atoms with Gasteiger partial charge >= 0.3 is 12.2 Å². The maximum atomic E-state index is 12.0. The van der Waals surface area contributed by atoms with E-state index in [1.54, 1.807) is 20.8 Å². The highest BCUT2D eigenvalue weighted by molar-refractivity contribution is 5.75. The van der Waals surface area contributed by atoms with Crippen molar-refractivity contribution in [3.8, 4) is 0 Å². The van der Waals surface area contributed by atoms with Crippen LogP contribution >= 0.6 is 0 Å². The van der Waals surface area contributed by atoms with E-state index in [4.69, 9.17) is 9.47 Å². The van der Waals surface area contributed by atoms with Crippen LogP contribution in [0.2, 0.25) is 0 Å². The van der Waals surface area contributed by atoms with Crippen LogP contribution in [0.25, 0.3) is 0 Å². The molecule has 0 spiro atoms. The van der Waals surface area contributed by atoms with Gasteiger partial charge in [-0.2, -0.15) is 0 Å². The van der Waals surface area contributed by atoms with Gasteiger partial charge in [-0.25, -0.2) is 19.6 Å². The molecule has 0 saturated carbocycles. The number of cyclic esters (lactones) is 1. The fraction of sp³-hybridized carbons (Fsp3) is 0.500. The number of hydrogen-bond donors (Lipinski definition) is 1. The average Bonchev–Trinajstić information content (AvgIpc) is 2.79. The first-order valence-electron chi connectivity index (χ1n) is 7.42. The van der Waals surface area contributed by atoms with Gasteiger partial charge < -0.3 is 14.6 Å². The maximum absolute atomic E-state index is 12.0. The van der Waals surface area contributed by atoms with Crippen LogP contribution in [0.1, 0.15) is 26.3 Å². The molecule has 7 nitrogen and oxygen atoms in total. The molecule has 0 unspecified atom stereocenters. The fourth-order valence-corrected chi connectivity index (χ4v) is 2.39. The Labute approximate surface area is 135 Å². The summed E-state index contributed by atoms with van der Waals surface area (Å²) in [7, 11) is 0. The third-order valence-corrected chi connectivity index (χ3v) is 3.33. The third kappa shape index (κ3) is 4.35. The largest absolute Gasteiger partial charge is 0.464 e. The number of nitrogens with zero attached hydrogens (tertiary/aromatic N) is 2. The number of benzene rings is 1. The number of carbonyl (C=O) groups excluding carboxylic acids is 1. The minimum absolute atomic E-state index is 0.150. The second-order valence-corrected chi connectivity index (χ2v) is 6.35.